The number of aromatic nitrogens is 2. The van der Waals surface area contributed by atoms with Gasteiger partial charge in [0.2, 0.25) is 0 Å². The molecule has 3 aromatic rings. The standard InChI is InChI=1S/C26H34N4O2S/c31-25-20-8-1-2-9-21(20)26(32)30(25)17-19-7-5-6-18(19)16-28-12-14-29(15-13-28)24-22-10-3-4-11-23(22)33-27-24/h3-4,10-11,18-19,31-32H,1-2,5-9,12-17H2. The van der Waals surface area contributed by atoms with Crippen LogP contribution in [0.3, 0.4) is 0 Å². The maximum atomic E-state index is 10.8. The second-order valence-corrected chi connectivity index (χ2v) is 11.0. The lowest BCUT2D eigenvalue weighted by atomic mass is 9.95. The molecule has 6 rings (SSSR count). The van der Waals surface area contributed by atoms with Gasteiger partial charge in [0.05, 0.1) is 4.70 Å². The van der Waals surface area contributed by atoms with Gasteiger partial charge in [-0.1, -0.05) is 18.6 Å². The van der Waals surface area contributed by atoms with E-state index >= 15 is 0 Å². The van der Waals surface area contributed by atoms with Crippen molar-refractivity contribution in [3.8, 4) is 11.8 Å². The van der Waals surface area contributed by atoms with Crippen molar-refractivity contribution in [3.63, 3.8) is 0 Å². The summed E-state index contributed by atoms with van der Waals surface area (Å²) in [6.07, 6.45) is 7.71. The fourth-order valence-corrected chi connectivity index (χ4v) is 7.20. The monoisotopic (exact) mass is 466 g/mol. The van der Waals surface area contributed by atoms with Gasteiger partial charge in [-0.15, -0.1) is 0 Å². The molecule has 6 nitrogen and oxygen atoms in total. The highest BCUT2D eigenvalue weighted by Crippen LogP contribution is 2.42. The largest absolute Gasteiger partial charge is 0.494 e. The van der Waals surface area contributed by atoms with Crippen LogP contribution >= 0.6 is 11.5 Å². The minimum absolute atomic E-state index is 0.331. The predicted molar refractivity (Wildman–Crippen MR) is 134 cm³/mol. The number of anilines is 1. The molecule has 0 spiro atoms. The number of benzene rings is 1. The second-order valence-electron chi connectivity index (χ2n) is 10.2. The third-order valence-electron chi connectivity index (χ3n) is 8.28. The van der Waals surface area contributed by atoms with E-state index in [4.69, 9.17) is 4.37 Å². The van der Waals surface area contributed by atoms with Crippen LogP contribution in [0, 0.1) is 11.8 Å². The number of nitrogens with zero attached hydrogens (tertiary/aromatic N) is 4. The van der Waals surface area contributed by atoms with E-state index in [1.165, 1.54) is 29.3 Å². The third-order valence-corrected chi connectivity index (χ3v) is 9.09. The van der Waals surface area contributed by atoms with E-state index < -0.39 is 0 Å². The van der Waals surface area contributed by atoms with Gasteiger partial charge in [0.1, 0.15) is 5.82 Å². The van der Waals surface area contributed by atoms with Crippen LogP contribution in [0.5, 0.6) is 11.8 Å². The highest BCUT2D eigenvalue weighted by atomic mass is 32.1. The van der Waals surface area contributed by atoms with Crippen LogP contribution in [0.4, 0.5) is 5.82 Å². The quantitative estimate of drug-likeness (QED) is 0.574. The lowest BCUT2D eigenvalue weighted by Gasteiger charge is -2.37. The first-order valence-electron chi connectivity index (χ1n) is 12.6. The average molecular weight is 467 g/mol. The Morgan fingerprint density at radius 3 is 2.24 bits per heavy atom. The summed E-state index contributed by atoms with van der Waals surface area (Å²) >= 11 is 1.60. The third kappa shape index (κ3) is 3.89. The van der Waals surface area contributed by atoms with Crippen molar-refractivity contribution in [3.05, 3.63) is 35.4 Å². The Kier molecular flexibility index (Phi) is 5.70. The van der Waals surface area contributed by atoms with Crippen LogP contribution in [0.1, 0.15) is 43.2 Å². The molecule has 0 amide bonds. The summed E-state index contributed by atoms with van der Waals surface area (Å²) in [6.45, 7) is 6.07. The zero-order valence-corrected chi connectivity index (χ0v) is 20.1. The molecule has 7 heteroatoms. The molecule has 33 heavy (non-hydrogen) atoms. The zero-order chi connectivity index (χ0) is 22.4. The van der Waals surface area contributed by atoms with Crippen molar-refractivity contribution < 1.29 is 10.2 Å². The van der Waals surface area contributed by atoms with Crippen LogP contribution in [0.25, 0.3) is 10.1 Å². The molecule has 176 valence electrons. The Balaban J connectivity index is 1.09. The van der Waals surface area contributed by atoms with E-state index in [-0.39, 0.29) is 0 Å². The zero-order valence-electron chi connectivity index (χ0n) is 19.2. The fraction of sp³-hybridized carbons (Fsp3) is 0.577. The van der Waals surface area contributed by atoms with E-state index in [2.05, 4.69) is 34.1 Å². The summed E-state index contributed by atoms with van der Waals surface area (Å²) in [5.41, 5.74) is 2.00. The van der Waals surface area contributed by atoms with Gasteiger partial charge in [0, 0.05) is 55.8 Å². The van der Waals surface area contributed by atoms with Crippen LogP contribution in [0.2, 0.25) is 0 Å². The Morgan fingerprint density at radius 1 is 0.848 bits per heavy atom. The van der Waals surface area contributed by atoms with Gasteiger partial charge in [-0.05, 0) is 74.0 Å². The summed E-state index contributed by atoms with van der Waals surface area (Å²) < 4.78 is 7.84. The van der Waals surface area contributed by atoms with Gasteiger partial charge < -0.3 is 15.1 Å². The SMILES string of the molecule is Oc1c2c(c(O)n1CC1CCCC1CN1CCN(c3nsc4ccccc34)CC1)CCCC2. The fourth-order valence-electron chi connectivity index (χ4n) is 6.40. The maximum Gasteiger partial charge on any atom is 0.197 e. The second kappa shape index (κ2) is 8.84. The van der Waals surface area contributed by atoms with Crippen molar-refractivity contribution in [1.82, 2.24) is 13.8 Å². The Morgan fingerprint density at radius 2 is 1.52 bits per heavy atom. The normalized spacial score (nSPS) is 23.9. The number of aromatic hydroxyl groups is 2. The molecule has 3 heterocycles. The molecule has 2 fully saturated rings. The highest BCUT2D eigenvalue weighted by molar-refractivity contribution is 7.13. The van der Waals surface area contributed by atoms with Gasteiger partial charge >= 0.3 is 0 Å². The molecule has 0 bridgehead atoms. The molecular weight excluding hydrogens is 432 g/mol. The highest BCUT2D eigenvalue weighted by Gasteiger charge is 2.33. The molecule has 2 aromatic heterocycles. The average Bonchev–Trinajstić information content (AvgIpc) is 3.54. The van der Waals surface area contributed by atoms with Crippen LogP contribution in [0.15, 0.2) is 24.3 Å². The first-order chi connectivity index (χ1) is 16.2. The predicted octanol–water partition coefficient (Wildman–Crippen LogP) is 4.63. The lowest BCUT2D eigenvalue weighted by molar-refractivity contribution is 0.183. The van der Waals surface area contributed by atoms with E-state index in [9.17, 15) is 10.2 Å². The van der Waals surface area contributed by atoms with Crippen LogP contribution < -0.4 is 4.90 Å². The summed E-state index contributed by atoms with van der Waals surface area (Å²) in [7, 11) is 0. The number of piperazine rings is 1. The van der Waals surface area contributed by atoms with Crippen molar-refractivity contribution in [2.75, 3.05) is 37.6 Å². The van der Waals surface area contributed by atoms with Crippen LogP contribution in [-0.4, -0.2) is 56.8 Å². The van der Waals surface area contributed by atoms with Gasteiger partial charge in [-0.2, -0.15) is 4.37 Å². The number of hydrogen-bond acceptors (Lipinski definition) is 6. The molecule has 1 aliphatic heterocycles. The summed E-state index contributed by atoms with van der Waals surface area (Å²) in [5.74, 6) is 2.97. The van der Waals surface area contributed by atoms with Crippen molar-refractivity contribution >= 4 is 27.4 Å². The van der Waals surface area contributed by atoms with Crippen molar-refractivity contribution in [2.24, 2.45) is 11.8 Å². The van der Waals surface area contributed by atoms with E-state index in [0.29, 0.717) is 23.6 Å². The topological polar surface area (TPSA) is 64.8 Å². The molecule has 2 atom stereocenters. The first kappa shape index (κ1) is 21.3. The van der Waals surface area contributed by atoms with E-state index in [1.807, 2.05) is 4.57 Å². The molecule has 0 radical (unpaired) electrons. The molecule has 3 aliphatic rings. The summed E-state index contributed by atoms with van der Waals surface area (Å²) in [4.78, 5) is 5.07. The molecule has 2 unspecified atom stereocenters. The molecule has 2 N–H and O–H groups in total. The smallest absolute Gasteiger partial charge is 0.197 e. The number of rotatable bonds is 5. The molecule has 1 saturated heterocycles. The molecule has 1 saturated carbocycles. The maximum absolute atomic E-state index is 10.8. The Hall–Kier alpha value is -2.25. The Labute approximate surface area is 199 Å². The Bertz CT molecular complexity index is 1100. The van der Waals surface area contributed by atoms with Gasteiger partial charge in [0.15, 0.2) is 11.8 Å². The molecule has 2 aliphatic carbocycles. The summed E-state index contributed by atoms with van der Waals surface area (Å²) in [6, 6.07) is 8.54. The lowest BCUT2D eigenvalue weighted by Crippen LogP contribution is -2.48. The van der Waals surface area contributed by atoms with Crippen molar-refractivity contribution in [1.29, 1.82) is 0 Å². The van der Waals surface area contributed by atoms with Gasteiger partial charge in [0.25, 0.3) is 0 Å². The van der Waals surface area contributed by atoms with E-state index in [0.717, 1.165) is 81.9 Å². The minimum Gasteiger partial charge on any atom is -0.494 e. The van der Waals surface area contributed by atoms with Gasteiger partial charge in [-0.3, -0.25) is 9.47 Å². The van der Waals surface area contributed by atoms with Crippen LogP contribution in [-0.2, 0) is 19.4 Å². The first-order valence-corrected chi connectivity index (χ1v) is 13.4. The van der Waals surface area contributed by atoms with Gasteiger partial charge in [-0.25, -0.2) is 0 Å². The molecule has 1 aromatic carbocycles. The summed E-state index contributed by atoms with van der Waals surface area (Å²) in [5, 5.41) is 22.9. The van der Waals surface area contributed by atoms with E-state index in [1.54, 1.807) is 11.5 Å². The number of hydrogen-bond donors (Lipinski definition) is 2. The van der Waals surface area contributed by atoms with Crippen molar-refractivity contribution in [2.45, 2.75) is 51.5 Å². The minimum atomic E-state index is 0.331. The molecular formula is C26H34N4O2S. The number of fused-ring (bicyclic) bond motifs is 2.